The van der Waals surface area contributed by atoms with E-state index in [1.54, 1.807) is 25.1 Å². The molecule has 1 aromatic carbocycles. The quantitative estimate of drug-likeness (QED) is 0.691. The van der Waals surface area contributed by atoms with Gasteiger partial charge in [-0.1, -0.05) is 6.07 Å². The number of hydrogen-bond acceptors (Lipinski definition) is 3. The number of carbonyl (C=O) groups is 1. The third kappa shape index (κ3) is 2.63. The van der Waals surface area contributed by atoms with E-state index in [0.717, 1.165) is 0 Å². The van der Waals surface area contributed by atoms with Gasteiger partial charge in [-0.3, -0.25) is 4.79 Å². The molecule has 0 fully saturated rings. The minimum atomic E-state index is -1.20. The predicted octanol–water partition coefficient (Wildman–Crippen LogP) is 3.27. The molecule has 0 bridgehead atoms. The van der Waals surface area contributed by atoms with Crippen LogP contribution in [0.4, 0.5) is 10.1 Å². The first-order valence-corrected chi connectivity index (χ1v) is 6.09. The summed E-state index contributed by atoms with van der Waals surface area (Å²) in [6.07, 6.45) is 1.68. The molecule has 3 nitrogen and oxygen atoms in total. The van der Waals surface area contributed by atoms with Crippen LogP contribution in [0, 0.1) is 5.82 Å². The Morgan fingerprint density at radius 3 is 2.74 bits per heavy atom. The number of rotatable bonds is 4. The van der Waals surface area contributed by atoms with E-state index in [2.05, 4.69) is 0 Å². The van der Waals surface area contributed by atoms with E-state index in [1.807, 2.05) is 0 Å². The molecule has 0 aliphatic rings. The Kier molecular flexibility index (Phi) is 3.62. The highest BCUT2D eigenvalue weighted by molar-refractivity contribution is 6.65. The zero-order chi connectivity index (χ0) is 14.0. The molecule has 2 aromatic rings. The van der Waals surface area contributed by atoms with Crippen molar-refractivity contribution < 1.29 is 13.6 Å². The van der Waals surface area contributed by atoms with E-state index in [-0.39, 0.29) is 12.0 Å². The molecule has 2 N–H and O–H groups in total. The van der Waals surface area contributed by atoms with E-state index in [1.165, 1.54) is 18.4 Å². The van der Waals surface area contributed by atoms with Gasteiger partial charge in [0.15, 0.2) is 0 Å². The van der Waals surface area contributed by atoms with Gasteiger partial charge >= 0.3 is 0 Å². The van der Waals surface area contributed by atoms with Crippen LogP contribution < -0.4 is 5.73 Å². The van der Waals surface area contributed by atoms with Gasteiger partial charge in [0.1, 0.15) is 11.6 Å². The molecule has 0 radical (unpaired) electrons. The molecule has 1 aromatic heterocycles. The maximum absolute atomic E-state index is 14.0. The number of benzene rings is 1. The van der Waals surface area contributed by atoms with E-state index in [9.17, 15) is 9.18 Å². The van der Waals surface area contributed by atoms with Gasteiger partial charge in [-0.05, 0) is 42.8 Å². The van der Waals surface area contributed by atoms with Gasteiger partial charge in [-0.25, -0.2) is 4.39 Å². The second kappa shape index (κ2) is 5.05. The summed E-state index contributed by atoms with van der Waals surface area (Å²) in [6, 6.07) is 7.61. The maximum atomic E-state index is 14.0. The van der Waals surface area contributed by atoms with Crippen LogP contribution in [0.15, 0.2) is 41.0 Å². The molecular weight excluding hydrogens is 269 g/mol. The molecule has 2 rings (SSSR count). The van der Waals surface area contributed by atoms with Gasteiger partial charge < -0.3 is 10.2 Å². The molecule has 100 valence electrons. The van der Waals surface area contributed by atoms with Crippen molar-refractivity contribution in [1.29, 1.82) is 0 Å². The number of nitrogens with two attached hydrogens (primary N) is 1. The van der Waals surface area contributed by atoms with Crippen LogP contribution in [-0.4, -0.2) is 5.24 Å². The minimum absolute atomic E-state index is 0.184. The van der Waals surface area contributed by atoms with Gasteiger partial charge in [-0.15, -0.1) is 0 Å². The normalized spacial score (nSPS) is 14.1. The standard InChI is InChI=1S/C14H13ClFNO2/c1-14(13(15)18,8-10-3-2-6-19-10)11-5-4-9(17)7-12(11)16/h2-7H,8,17H2,1H3. The van der Waals surface area contributed by atoms with Crippen molar-refractivity contribution in [1.82, 2.24) is 0 Å². The first kappa shape index (κ1) is 13.6. The number of hydrogen-bond donors (Lipinski definition) is 1. The fraction of sp³-hybridized carbons (Fsp3) is 0.214. The summed E-state index contributed by atoms with van der Waals surface area (Å²) in [6.45, 7) is 1.58. The monoisotopic (exact) mass is 281 g/mol. The molecule has 1 atom stereocenters. The zero-order valence-electron chi connectivity index (χ0n) is 10.3. The molecule has 5 heteroatoms. The summed E-state index contributed by atoms with van der Waals surface area (Å²) in [5, 5.41) is -0.646. The van der Waals surface area contributed by atoms with E-state index >= 15 is 0 Å². The van der Waals surface area contributed by atoms with Gasteiger partial charge in [0.2, 0.25) is 5.24 Å². The third-order valence-corrected chi connectivity index (χ3v) is 3.55. The van der Waals surface area contributed by atoms with E-state index < -0.39 is 16.5 Å². The summed E-state index contributed by atoms with van der Waals surface area (Å²) < 4.78 is 19.2. The Morgan fingerprint density at radius 2 is 2.21 bits per heavy atom. The Hall–Kier alpha value is -1.81. The first-order valence-electron chi connectivity index (χ1n) is 5.71. The lowest BCUT2D eigenvalue weighted by molar-refractivity contribution is -0.116. The lowest BCUT2D eigenvalue weighted by Gasteiger charge is -2.25. The molecule has 0 saturated heterocycles. The highest BCUT2D eigenvalue weighted by Crippen LogP contribution is 2.33. The molecule has 1 unspecified atom stereocenters. The van der Waals surface area contributed by atoms with Crippen molar-refractivity contribution in [3.05, 3.63) is 53.7 Å². The molecule has 0 aliphatic heterocycles. The Morgan fingerprint density at radius 1 is 1.47 bits per heavy atom. The lowest BCUT2D eigenvalue weighted by atomic mass is 9.79. The topological polar surface area (TPSA) is 56.2 Å². The van der Waals surface area contributed by atoms with Gasteiger partial charge in [0.05, 0.1) is 11.7 Å². The summed E-state index contributed by atoms with van der Waals surface area (Å²) in [5.74, 6) is 0.00998. The smallest absolute Gasteiger partial charge is 0.232 e. The van der Waals surface area contributed by atoms with Crippen LogP contribution in [0.25, 0.3) is 0 Å². The Balaban J connectivity index is 2.47. The first-order chi connectivity index (χ1) is 8.93. The van der Waals surface area contributed by atoms with Crippen LogP contribution in [-0.2, 0) is 16.6 Å². The molecule has 1 heterocycles. The molecule has 19 heavy (non-hydrogen) atoms. The summed E-state index contributed by atoms with van der Waals surface area (Å²) in [7, 11) is 0. The minimum Gasteiger partial charge on any atom is -0.469 e. The van der Waals surface area contributed by atoms with E-state index in [4.69, 9.17) is 21.8 Å². The fourth-order valence-electron chi connectivity index (χ4n) is 2.01. The summed E-state index contributed by atoms with van der Waals surface area (Å²) >= 11 is 5.67. The molecule has 0 saturated carbocycles. The molecule has 0 aliphatic carbocycles. The highest BCUT2D eigenvalue weighted by Gasteiger charge is 2.37. The van der Waals surface area contributed by atoms with Gasteiger partial charge in [0.25, 0.3) is 0 Å². The van der Waals surface area contributed by atoms with Crippen molar-refractivity contribution in [2.24, 2.45) is 0 Å². The number of nitrogen functional groups attached to an aromatic ring is 1. The number of carbonyl (C=O) groups excluding carboxylic acids is 1. The maximum Gasteiger partial charge on any atom is 0.232 e. The van der Waals surface area contributed by atoms with Crippen molar-refractivity contribution in [3.8, 4) is 0 Å². The Labute approximate surface area is 115 Å². The van der Waals surface area contributed by atoms with Gasteiger partial charge in [0, 0.05) is 17.7 Å². The largest absolute Gasteiger partial charge is 0.469 e. The number of halogens is 2. The van der Waals surface area contributed by atoms with Crippen molar-refractivity contribution in [2.75, 3.05) is 5.73 Å². The number of furan rings is 1. The predicted molar refractivity (Wildman–Crippen MR) is 71.4 cm³/mol. The van der Waals surface area contributed by atoms with Gasteiger partial charge in [-0.2, -0.15) is 0 Å². The molecule has 0 spiro atoms. The molecular formula is C14H13ClFNO2. The lowest BCUT2D eigenvalue weighted by Crippen LogP contribution is -2.32. The fourth-order valence-corrected chi connectivity index (χ4v) is 2.18. The zero-order valence-corrected chi connectivity index (χ0v) is 11.1. The second-order valence-electron chi connectivity index (χ2n) is 4.60. The van der Waals surface area contributed by atoms with Crippen LogP contribution in [0.2, 0.25) is 0 Å². The van der Waals surface area contributed by atoms with E-state index in [0.29, 0.717) is 11.4 Å². The third-order valence-electron chi connectivity index (χ3n) is 3.13. The van der Waals surface area contributed by atoms with Crippen LogP contribution >= 0.6 is 11.6 Å². The Bertz CT molecular complexity index is 597. The van der Waals surface area contributed by atoms with Crippen molar-refractivity contribution in [2.45, 2.75) is 18.8 Å². The summed E-state index contributed by atoms with van der Waals surface area (Å²) in [4.78, 5) is 11.8. The van der Waals surface area contributed by atoms with Crippen LogP contribution in [0.1, 0.15) is 18.2 Å². The summed E-state index contributed by atoms with van der Waals surface area (Å²) in [5.41, 5.74) is 4.81. The van der Waals surface area contributed by atoms with Crippen molar-refractivity contribution in [3.63, 3.8) is 0 Å². The van der Waals surface area contributed by atoms with Crippen LogP contribution in [0.3, 0.4) is 0 Å². The van der Waals surface area contributed by atoms with Crippen molar-refractivity contribution >= 4 is 22.5 Å². The van der Waals surface area contributed by atoms with Crippen LogP contribution in [0.5, 0.6) is 0 Å². The highest BCUT2D eigenvalue weighted by atomic mass is 35.5. The molecule has 0 amide bonds. The average molecular weight is 282 g/mol. The average Bonchev–Trinajstić information content (AvgIpc) is 2.81. The SMILES string of the molecule is CC(Cc1ccco1)(C(=O)Cl)c1ccc(N)cc1F. The number of anilines is 1. The second-order valence-corrected chi connectivity index (χ2v) is 4.94.